The lowest BCUT2D eigenvalue weighted by molar-refractivity contribution is -0.360. The topological polar surface area (TPSA) is 237 Å². The van der Waals surface area contributed by atoms with Crippen molar-refractivity contribution in [2.75, 3.05) is 20.3 Å². The van der Waals surface area contributed by atoms with Crippen LogP contribution in [0.5, 0.6) is 0 Å². The Morgan fingerprint density at radius 1 is 0.647 bits per heavy atom. The van der Waals surface area contributed by atoms with Crippen molar-refractivity contribution in [1.82, 2.24) is 0 Å². The van der Waals surface area contributed by atoms with E-state index < -0.39 is 105 Å². The average molecular weight is 502 g/mol. The Hall–Kier alpha value is -0.600. The minimum absolute atomic E-state index is 0.529. The monoisotopic (exact) mass is 502 g/mol. The van der Waals surface area contributed by atoms with E-state index in [-0.39, 0.29) is 0 Å². The number of ether oxygens (including phenoxy) is 6. The Labute approximate surface area is 194 Å². The zero-order valence-electron chi connectivity index (χ0n) is 18.5. The van der Waals surface area contributed by atoms with E-state index in [2.05, 4.69) is 0 Å². The molecule has 0 spiro atoms. The zero-order valence-corrected chi connectivity index (χ0v) is 18.5. The van der Waals surface area contributed by atoms with Gasteiger partial charge in [-0.2, -0.15) is 0 Å². The summed E-state index contributed by atoms with van der Waals surface area (Å²) in [6.45, 7) is 0.322. The Morgan fingerprint density at radius 2 is 1.21 bits per heavy atom. The third-order valence-electron chi connectivity index (χ3n) is 6.27. The van der Waals surface area contributed by atoms with Gasteiger partial charge in [-0.05, 0) is 6.92 Å². The number of hydrogen-bond acceptors (Lipinski definition) is 15. The Kier molecular flexibility index (Phi) is 9.57. The van der Waals surface area contributed by atoms with Crippen molar-refractivity contribution in [2.45, 2.75) is 99.0 Å². The van der Waals surface area contributed by atoms with Gasteiger partial charge in [0.05, 0.1) is 19.3 Å². The molecule has 0 aliphatic carbocycles. The Morgan fingerprint density at radius 3 is 1.79 bits per heavy atom. The first kappa shape index (κ1) is 28.0. The van der Waals surface area contributed by atoms with Gasteiger partial charge in [0.2, 0.25) is 0 Å². The molecule has 3 aliphatic heterocycles. The molecule has 0 saturated carbocycles. The van der Waals surface area contributed by atoms with Crippen LogP contribution in [0.4, 0.5) is 0 Å². The summed E-state index contributed by atoms with van der Waals surface area (Å²) >= 11 is 0. The molecule has 0 amide bonds. The molecular weight excluding hydrogens is 468 g/mol. The van der Waals surface area contributed by atoms with E-state index >= 15 is 0 Å². The molecule has 15 nitrogen and oxygen atoms in total. The van der Waals surface area contributed by atoms with Gasteiger partial charge in [-0.1, -0.05) is 0 Å². The van der Waals surface area contributed by atoms with Crippen molar-refractivity contribution in [3.05, 3.63) is 0 Å². The van der Waals surface area contributed by atoms with Crippen LogP contribution in [0.3, 0.4) is 0 Å². The van der Waals surface area contributed by atoms with E-state index in [0.29, 0.717) is 0 Å². The van der Waals surface area contributed by atoms with E-state index in [9.17, 15) is 46.0 Å². The SMILES string of the molecule is CO[C@H]1[C@H](O[C@@H]2O[C@H](CO[C@@H]3O[C@H](CO)[C@@H](O)[C@H](O)[C@H]3O)[C@@H](O)[C@H](O)[C@H]2O)[C@@H](C)OC(O)[C@@H]1O. The summed E-state index contributed by atoms with van der Waals surface area (Å²) in [6.07, 6.45) is -21.7. The van der Waals surface area contributed by atoms with Gasteiger partial charge in [0.25, 0.3) is 0 Å². The number of aliphatic hydroxyl groups is 9. The van der Waals surface area contributed by atoms with Crippen LogP contribution in [0.2, 0.25) is 0 Å². The predicted molar refractivity (Wildman–Crippen MR) is 105 cm³/mol. The van der Waals surface area contributed by atoms with Gasteiger partial charge in [-0.3, -0.25) is 0 Å². The zero-order chi connectivity index (χ0) is 25.3. The summed E-state index contributed by atoms with van der Waals surface area (Å²) in [7, 11) is 1.27. The maximum atomic E-state index is 10.4. The quantitative estimate of drug-likeness (QED) is 0.157. The molecule has 200 valence electrons. The maximum absolute atomic E-state index is 10.4. The standard InChI is InChI=1S/C19H34O15/c1-5-15(16(29-2)14(27)17(28)31-5)34-19-13(26)11(24)9(22)7(33-19)4-30-18-12(25)10(23)8(21)6(3-20)32-18/h5-28H,3-4H2,1-2H3/t5-,6-,7-,8-,9-,10+,11+,12-,13-,14-,15-,16-,17?,18-,19+/m1/s1. The van der Waals surface area contributed by atoms with Crippen LogP contribution in [0.15, 0.2) is 0 Å². The first-order valence-corrected chi connectivity index (χ1v) is 10.8. The van der Waals surface area contributed by atoms with E-state index in [0.717, 1.165) is 0 Å². The van der Waals surface area contributed by atoms with Crippen molar-refractivity contribution < 1.29 is 74.4 Å². The van der Waals surface area contributed by atoms with E-state index in [1.807, 2.05) is 0 Å². The second kappa shape index (κ2) is 11.6. The van der Waals surface area contributed by atoms with Gasteiger partial charge in [0, 0.05) is 7.11 Å². The molecular formula is C19H34O15. The summed E-state index contributed by atoms with van der Waals surface area (Å²) in [4.78, 5) is 0. The van der Waals surface area contributed by atoms with Crippen LogP contribution >= 0.6 is 0 Å². The van der Waals surface area contributed by atoms with Crippen molar-refractivity contribution in [1.29, 1.82) is 0 Å². The van der Waals surface area contributed by atoms with Crippen LogP contribution < -0.4 is 0 Å². The molecule has 34 heavy (non-hydrogen) atoms. The van der Waals surface area contributed by atoms with E-state index in [1.54, 1.807) is 0 Å². The molecule has 3 heterocycles. The fourth-order valence-corrected chi connectivity index (χ4v) is 4.18. The summed E-state index contributed by atoms with van der Waals surface area (Å²) in [5.74, 6) is 0. The molecule has 15 atom stereocenters. The van der Waals surface area contributed by atoms with Crippen LogP contribution in [0.1, 0.15) is 6.92 Å². The van der Waals surface area contributed by atoms with Crippen molar-refractivity contribution in [3.8, 4) is 0 Å². The minimum Gasteiger partial charge on any atom is -0.394 e. The van der Waals surface area contributed by atoms with E-state index in [1.165, 1.54) is 14.0 Å². The molecule has 3 aliphatic rings. The highest BCUT2D eigenvalue weighted by molar-refractivity contribution is 4.94. The highest BCUT2D eigenvalue weighted by atomic mass is 16.7. The van der Waals surface area contributed by atoms with Gasteiger partial charge in [0.15, 0.2) is 18.9 Å². The van der Waals surface area contributed by atoms with Crippen molar-refractivity contribution in [3.63, 3.8) is 0 Å². The third kappa shape index (κ3) is 5.54. The highest BCUT2D eigenvalue weighted by Crippen LogP contribution is 2.30. The lowest BCUT2D eigenvalue weighted by Crippen LogP contribution is -2.64. The average Bonchev–Trinajstić information content (AvgIpc) is 2.81. The van der Waals surface area contributed by atoms with Crippen molar-refractivity contribution in [2.24, 2.45) is 0 Å². The molecule has 1 unspecified atom stereocenters. The van der Waals surface area contributed by atoms with Crippen LogP contribution in [-0.2, 0) is 28.4 Å². The molecule has 0 aromatic carbocycles. The molecule has 0 radical (unpaired) electrons. The second-order valence-corrected chi connectivity index (χ2v) is 8.57. The predicted octanol–water partition coefficient (Wildman–Crippen LogP) is -5.89. The summed E-state index contributed by atoms with van der Waals surface area (Å²) < 4.78 is 32.2. The molecule has 3 saturated heterocycles. The molecule has 0 bridgehead atoms. The van der Waals surface area contributed by atoms with Gasteiger partial charge in [-0.15, -0.1) is 0 Å². The third-order valence-corrected chi connectivity index (χ3v) is 6.27. The van der Waals surface area contributed by atoms with Crippen LogP contribution in [0.25, 0.3) is 0 Å². The molecule has 15 heteroatoms. The fourth-order valence-electron chi connectivity index (χ4n) is 4.18. The first-order chi connectivity index (χ1) is 16.0. The molecule has 3 rings (SSSR count). The smallest absolute Gasteiger partial charge is 0.187 e. The second-order valence-electron chi connectivity index (χ2n) is 8.57. The lowest BCUT2D eigenvalue weighted by Gasteiger charge is -2.46. The molecule has 0 aromatic heterocycles. The number of hydrogen-bond donors (Lipinski definition) is 9. The van der Waals surface area contributed by atoms with E-state index in [4.69, 9.17) is 28.4 Å². The van der Waals surface area contributed by atoms with Gasteiger partial charge in [-0.25, -0.2) is 0 Å². The number of aliphatic hydroxyl groups excluding tert-OH is 9. The largest absolute Gasteiger partial charge is 0.394 e. The van der Waals surface area contributed by atoms with Gasteiger partial charge >= 0.3 is 0 Å². The Bertz CT molecular complexity index is 639. The molecule has 0 aromatic rings. The van der Waals surface area contributed by atoms with Crippen molar-refractivity contribution >= 4 is 0 Å². The molecule has 9 N–H and O–H groups in total. The van der Waals surface area contributed by atoms with Gasteiger partial charge < -0.3 is 74.4 Å². The Balaban J connectivity index is 1.66. The lowest BCUT2D eigenvalue weighted by atomic mass is 9.97. The first-order valence-electron chi connectivity index (χ1n) is 10.8. The highest BCUT2D eigenvalue weighted by Gasteiger charge is 2.51. The summed E-state index contributed by atoms with van der Waals surface area (Å²) in [5.41, 5.74) is 0. The maximum Gasteiger partial charge on any atom is 0.187 e. The number of methoxy groups -OCH3 is 1. The van der Waals surface area contributed by atoms with Gasteiger partial charge in [0.1, 0.15) is 67.1 Å². The molecule has 3 fully saturated rings. The normalized spacial score (nSPS) is 52.5. The minimum atomic E-state index is -1.75. The number of rotatable bonds is 7. The van der Waals surface area contributed by atoms with Crippen LogP contribution in [-0.4, -0.2) is 158 Å². The fraction of sp³-hybridized carbons (Fsp3) is 1.00. The summed E-state index contributed by atoms with van der Waals surface area (Å²) in [5, 5.41) is 89.9. The summed E-state index contributed by atoms with van der Waals surface area (Å²) in [6, 6.07) is 0. The van der Waals surface area contributed by atoms with Crippen LogP contribution in [0, 0.1) is 0 Å².